The molecule has 3 aliphatic rings. The number of nitrogens with zero attached hydrogens (tertiary/aromatic N) is 2. The van der Waals surface area contributed by atoms with E-state index in [-0.39, 0.29) is 0 Å². The molecule has 3 heteroatoms. The number of benzene rings is 2. The van der Waals surface area contributed by atoms with Gasteiger partial charge < -0.3 is 5.11 Å². The third-order valence-electron chi connectivity index (χ3n) is 7.81. The van der Waals surface area contributed by atoms with E-state index in [1.165, 1.54) is 30.5 Å². The standard InChI is InChI=1S/C26H34N2O/c1-20-6-5-15-28(20)17-22-9-11-24(12-10-22)26(29)14-13-23-18-27(19-25(23)26)16-21-7-3-2-4-8-21/h2-4,7-12,20,23,25,29H,5-6,13-19H2,1H3/t20-,23-,25+,26?/m1/s1. The summed E-state index contributed by atoms with van der Waals surface area (Å²) < 4.78 is 0. The Balaban J connectivity index is 1.27. The minimum atomic E-state index is -0.657. The van der Waals surface area contributed by atoms with E-state index >= 15 is 0 Å². The Kier molecular flexibility index (Phi) is 5.23. The molecule has 0 aromatic heterocycles. The smallest absolute Gasteiger partial charge is 0.0940 e. The van der Waals surface area contributed by atoms with Crippen LogP contribution in [0.4, 0.5) is 0 Å². The highest BCUT2D eigenvalue weighted by atomic mass is 16.3. The van der Waals surface area contributed by atoms with Gasteiger partial charge >= 0.3 is 0 Å². The highest BCUT2D eigenvalue weighted by molar-refractivity contribution is 5.30. The number of fused-ring (bicyclic) bond motifs is 1. The maximum atomic E-state index is 11.7. The summed E-state index contributed by atoms with van der Waals surface area (Å²) in [6.07, 6.45) is 4.69. The Morgan fingerprint density at radius 1 is 0.931 bits per heavy atom. The van der Waals surface area contributed by atoms with Gasteiger partial charge in [0.2, 0.25) is 0 Å². The molecule has 0 spiro atoms. The van der Waals surface area contributed by atoms with Crippen LogP contribution in [0.25, 0.3) is 0 Å². The minimum absolute atomic E-state index is 0.357. The van der Waals surface area contributed by atoms with Crippen LogP contribution in [0, 0.1) is 11.8 Å². The maximum Gasteiger partial charge on any atom is 0.0940 e. The first-order valence-electron chi connectivity index (χ1n) is 11.4. The second-order valence-corrected chi connectivity index (χ2v) is 9.67. The number of likely N-dealkylation sites (tertiary alicyclic amines) is 2. The summed E-state index contributed by atoms with van der Waals surface area (Å²) in [5.41, 5.74) is 3.22. The SMILES string of the molecule is C[C@@H]1CCCN1Cc1ccc(C2(O)CC[C@@H]3CN(Cc4ccccc4)C[C@@H]32)cc1. The quantitative estimate of drug-likeness (QED) is 0.820. The average Bonchev–Trinajstić information content (AvgIpc) is 3.41. The maximum absolute atomic E-state index is 11.7. The van der Waals surface area contributed by atoms with Crippen LogP contribution < -0.4 is 0 Å². The molecule has 29 heavy (non-hydrogen) atoms. The van der Waals surface area contributed by atoms with Gasteiger partial charge in [-0.15, -0.1) is 0 Å². The topological polar surface area (TPSA) is 26.7 Å². The van der Waals surface area contributed by atoms with Crippen LogP contribution in [0.2, 0.25) is 0 Å². The summed E-state index contributed by atoms with van der Waals surface area (Å²) in [6, 6.07) is 20.3. The first kappa shape index (κ1) is 19.3. The normalized spacial score (nSPS) is 32.7. The molecule has 0 amide bonds. The molecule has 2 saturated heterocycles. The summed E-state index contributed by atoms with van der Waals surface area (Å²) in [7, 11) is 0. The molecule has 2 heterocycles. The Bertz CT molecular complexity index is 820. The average molecular weight is 391 g/mol. The third-order valence-corrected chi connectivity index (χ3v) is 7.81. The molecule has 1 unspecified atom stereocenters. The van der Waals surface area contributed by atoms with Gasteiger partial charge in [-0.2, -0.15) is 0 Å². The van der Waals surface area contributed by atoms with E-state index in [0.29, 0.717) is 17.9 Å². The molecule has 5 rings (SSSR count). The van der Waals surface area contributed by atoms with Gasteiger partial charge in [-0.1, -0.05) is 54.6 Å². The van der Waals surface area contributed by atoms with Crippen LogP contribution in [0.15, 0.2) is 54.6 Å². The molecule has 1 N–H and O–H groups in total. The number of hydrogen-bond acceptors (Lipinski definition) is 3. The molecule has 4 atom stereocenters. The zero-order valence-electron chi connectivity index (χ0n) is 17.6. The molecule has 1 saturated carbocycles. The van der Waals surface area contributed by atoms with Crippen LogP contribution in [0.1, 0.15) is 49.3 Å². The summed E-state index contributed by atoms with van der Waals surface area (Å²) in [4.78, 5) is 5.12. The van der Waals surface area contributed by atoms with E-state index in [4.69, 9.17) is 0 Å². The molecule has 2 aliphatic heterocycles. The first-order chi connectivity index (χ1) is 14.1. The fraction of sp³-hybridized carbons (Fsp3) is 0.538. The molecule has 3 nitrogen and oxygen atoms in total. The van der Waals surface area contributed by atoms with Crippen LogP contribution >= 0.6 is 0 Å². The third kappa shape index (κ3) is 3.76. The highest BCUT2D eigenvalue weighted by Crippen LogP contribution is 2.50. The van der Waals surface area contributed by atoms with E-state index in [2.05, 4.69) is 71.3 Å². The Labute approximate surface area is 175 Å². The van der Waals surface area contributed by atoms with Crippen LogP contribution in [-0.2, 0) is 18.7 Å². The molecule has 1 aliphatic carbocycles. The monoisotopic (exact) mass is 390 g/mol. The van der Waals surface area contributed by atoms with E-state index in [9.17, 15) is 5.11 Å². The molecular formula is C26H34N2O. The van der Waals surface area contributed by atoms with Crippen LogP contribution in [0.3, 0.4) is 0 Å². The van der Waals surface area contributed by atoms with Gasteiger partial charge in [0.15, 0.2) is 0 Å². The van der Waals surface area contributed by atoms with Crippen molar-refractivity contribution in [2.24, 2.45) is 11.8 Å². The fourth-order valence-electron chi connectivity index (χ4n) is 6.07. The van der Waals surface area contributed by atoms with Crippen LogP contribution in [0.5, 0.6) is 0 Å². The van der Waals surface area contributed by atoms with Gasteiger partial charge in [0, 0.05) is 38.1 Å². The van der Waals surface area contributed by atoms with Gasteiger partial charge in [-0.3, -0.25) is 9.80 Å². The van der Waals surface area contributed by atoms with Crippen molar-refractivity contribution in [3.63, 3.8) is 0 Å². The van der Waals surface area contributed by atoms with Crippen molar-refractivity contribution in [1.29, 1.82) is 0 Å². The van der Waals surface area contributed by atoms with Crippen molar-refractivity contribution >= 4 is 0 Å². The predicted octanol–water partition coefficient (Wildman–Crippen LogP) is 4.40. The molecule has 154 valence electrons. The van der Waals surface area contributed by atoms with E-state index < -0.39 is 5.60 Å². The van der Waals surface area contributed by atoms with Crippen molar-refractivity contribution < 1.29 is 5.11 Å². The lowest BCUT2D eigenvalue weighted by molar-refractivity contribution is -0.00685. The largest absolute Gasteiger partial charge is 0.385 e. The van der Waals surface area contributed by atoms with Crippen LogP contribution in [-0.4, -0.2) is 40.6 Å². The molecule has 2 aromatic carbocycles. The highest BCUT2D eigenvalue weighted by Gasteiger charge is 2.52. The predicted molar refractivity (Wildman–Crippen MR) is 117 cm³/mol. The number of aliphatic hydroxyl groups is 1. The molecule has 0 bridgehead atoms. The molecule has 3 fully saturated rings. The van der Waals surface area contributed by atoms with Crippen molar-refractivity contribution in [2.75, 3.05) is 19.6 Å². The van der Waals surface area contributed by atoms with Crippen molar-refractivity contribution in [1.82, 2.24) is 9.80 Å². The molecular weight excluding hydrogens is 356 g/mol. The van der Waals surface area contributed by atoms with Gasteiger partial charge in [-0.25, -0.2) is 0 Å². The van der Waals surface area contributed by atoms with E-state index in [1.807, 2.05) is 0 Å². The summed E-state index contributed by atoms with van der Waals surface area (Å²) in [5.74, 6) is 0.976. The molecule has 2 aromatic rings. The fourth-order valence-corrected chi connectivity index (χ4v) is 6.07. The Morgan fingerprint density at radius 2 is 1.69 bits per heavy atom. The first-order valence-corrected chi connectivity index (χ1v) is 11.4. The summed E-state index contributed by atoms with van der Waals surface area (Å²) in [5, 5.41) is 11.7. The lowest BCUT2D eigenvalue weighted by atomic mass is 9.82. The Hall–Kier alpha value is -1.68. The van der Waals surface area contributed by atoms with Gasteiger partial charge in [-0.05, 0) is 61.8 Å². The van der Waals surface area contributed by atoms with Gasteiger partial charge in [0.25, 0.3) is 0 Å². The summed E-state index contributed by atoms with van der Waals surface area (Å²) in [6.45, 7) is 7.71. The number of rotatable bonds is 5. The van der Waals surface area contributed by atoms with Crippen molar-refractivity contribution in [2.45, 2.75) is 57.3 Å². The second-order valence-electron chi connectivity index (χ2n) is 9.67. The van der Waals surface area contributed by atoms with Gasteiger partial charge in [0.1, 0.15) is 0 Å². The van der Waals surface area contributed by atoms with Crippen molar-refractivity contribution in [3.05, 3.63) is 71.3 Å². The van der Waals surface area contributed by atoms with E-state index in [1.54, 1.807) is 0 Å². The van der Waals surface area contributed by atoms with Crippen molar-refractivity contribution in [3.8, 4) is 0 Å². The lowest BCUT2D eigenvalue weighted by Gasteiger charge is -2.31. The summed E-state index contributed by atoms with van der Waals surface area (Å²) >= 11 is 0. The second kappa shape index (κ2) is 7.86. The van der Waals surface area contributed by atoms with E-state index in [0.717, 1.165) is 44.6 Å². The zero-order chi connectivity index (χ0) is 19.8. The minimum Gasteiger partial charge on any atom is -0.385 e. The number of hydrogen-bond donors (Lipinski definition) is 1. The lowest BCUT2D eigenvalue weighted by Crippen LogP contribution is -2.34. The van der Waals surface area contributed by atoms with Gasteiger partial charge in [0.05, 0.1) is 5.60 Å². The molecule has 0 radical (unpaired) electrons. The Morgan fingerprint density at radius 3 is 2.41 bits per heavy atom. The zero-order valence-corrected chi connectivity index (χ0v) is 17.6.